The van der Waals surface area contributed by atoms with Gasteiger partial charge in [-0.15, -0.1) is 0 Å². The maximum absolute atomic E-state index is 12.6. The minimum atomic E-state index is -2.59. The summed E-state index contributed by atoms with van der Waals surface area (Å²) in [6.45, 7) is 0.191. The van der Waals surface area contributed by atoms with Gasteiger partial charge in [0.05, 0.1) is 0 Å². The van der Waals surface area contributed by atoms with Crippen LogP contribution in [0.4, 0.5) is 19.3 Å². The van der Waals surface area contributed by atoms with Crippen LogP contribution in [0.15, 0.2) is 42.5 Å². The highest BCUT2D eigenvalue weighted by molar-refractivity contribution is 6.35. The molecule has 0 unspecified atom stereocenters. The van der Waals surface area contributed by atoms with Crippen LogP contribution in [-0.4, -0.2) is 6.03 Å². The summed E-state index contributed by atoms with van der Waals surface area (Å²) < 4.78 is 25.2. The lowest BCUT2D eigenvalue weighted by Crippen LogP contribution is -2.28. The highest BCUT2D eigenvalue weighted by atomic mass is 35.5. The van der Waals surface area contributed by atoms with Crippen LogP contribution in [0.25, 0.3) is 0 Å². The summed E-state index contributed by atoms with van der Waals surface area (Å²) in [6, 6.07) is 9.91. The smallest absolute Gasteiger partial charge is 0.319 e. The molecule has 0 atom stereocenters. The Balaban J connectivity index is 1.94. The molecule has 2 rings (SSSR count). The zero-order valence-corrected chi connectivity index (χ0v) is 12.8. The van der Waals surface area contributed by atoms with Crippen LogP contribution in [0.2, 0.25) is 10.0 Å². The van der Waals surface area contributed by atoms with Crippen LogP contribution >= 0.6 is 23.2 Å². The average Bonchev–Trinajstić information content (AvgIpc) is 2.46. The number of carbonyl (C=O) groups is 1. The Morgan fingerprint density at radius 3 is 2.59 bits per heavy atom. The van der Waals surface area contributed by atoms with Gasteiger partial charge in [0.2, 0.25) is 0 Å². The summed E-state index contributed by atoms with van der Waals surface area (Å²) in [5.74, 6) is 0. The number of halogens is 4. The molecular formula is C15H12Cl2F2N2O. The summed E-state index contributed by atoms with van der Waals surface area (Å²) in [5.41, 5.74) is 0.832. The number of benzene rings is 2. The van der Waals surface area contributed by atoms with Gasteiger partial charge >= 0.3 is 6.03 Å². The summed E-state index contributed by atoms with van der Waals surface area (Å²) in [5, 5.41) is 6.02. The number of hydrogen-bond donors (Lipinski definition) is 2. The minimum Gasteiger partial charge on any atom is -0.334 e. The van der Waals surface area contributed by atoms with Crippen LogP contribution in [0.5, 0.6) is 0 Å². The van der Waals surface area contributed by atoms with Gasteiger partial charge < -0.3 is 10.6 Å². The van der Waals surface area contributed by atoms with E-state index in [2.05, 4.69) is 10.6 Å². The van der Waals surface area contributed by atoms with Crippen LogP contribution in [0, 0.1) is 0 Å². The van der Waals surface area contributed by atoms with Crippen molar-refractivity contribution in [3.8, 4) is 0 Å². The first-order chi connectivity index (χ1) is 10.5. The number of amides is 2. The van der Waals surface area contributed by atoms with Crippen molar-refractivity contribution in [3.63, 3.8) is 0 Å². The van der Waals surface area contributed by atoms with Gasteiger partial charge in [0, 0.05) is 27.8 Å². The molecule has 7 heteroatoms. The molecule has 0 bridgehead atoms. The summed E-state index contributed by atoms with van der Waals surface area (Å²) in [4.78, 5) is 11.8. The van der Waals surface area contributed by atoms with Crippen LogP contribution in [-0.2, 0) is 6.54 Å². The van der Waals surface area contributed by atoms with Crippen LogP contribution < -0.4 is 10.6 Å². The van der Waals surface area contributed by atoms with Crippen molar-refractivity contribution in [2.75, 3.05) is 5.32 Å². The van der Waals surface area contributed by atoms with E-state index in [-0.39, 0.29) is 17.8 Å². The molecule has 0 spiro atoms. The molecule has 0 aliphatic carbocycles. The number of hydrogen-bond acceptors (Lipinski definition) is 1. The van der Waals surface area contributed by atoms with Gasteiger partial charge in [-0.1, -0.05) is 41.4 Å². The lowest BCUT2D eigenvalue weighted by atomic mass is 10.2. The fraction of sp³-hybridized carbons (Fsp3) is 0.133. The Labute approximate surface area is 136 Å². The molecule has 2 N–H and O–H groups in total. The average molecular weight is 345 g/mol. The summed E-state index contributed by atoms with van der Waals surface area (Å²) in [7, 11) is 0. The Morgan fingerprint density at radius 1 is 1.14 bits per heavy atom. The van der Waals surface area contributed by atoms with E-state index in [1.54, 1.807) is 18.2 Å². The van der Waals surface area contributed by atoms with Crippen molar-refractivity contribution in [1.29, 1.82) is 0 Å². The van der Waals surface area contributed by atoms with E-state index in [4.69, 9.17) is 23.2 Å². The summed E-state index contributed by atoms with van der Waals surface area (Å²) in [6.07, 6.45) is -2.59. The third kappa shape index (κ3) is 4.58. The fourth-order valence-electron chi connectivity index (χ4n) is 1.77. The van der Waals surface area contributed by atoms with Crippen molar-refractivity contribution < 1.29 is 13.6 Å². The van der Waals surface area contributed by atoms with Gasteiger partial charge in [-0.3, -0.25) is 0 Å². The topological polar surface area (TPSA) is 41.1 Å². The lowest BCUT2D eigenvalue weighted by molar-refractivity contribution is 0.151. The second-order valence-corrected chi connectivity index (χ2v) is 5.31. The molecule has 0 saturated heterocycles. The molecule has 3 nitrogen and oxygen atoms in total. The van der Waals surface area contributed by atoms with Gasteiger partial charge in [0.1, 0.15) is 0 Å². The third-order valence-electron chi connectivity index (χ3n) is 2.85. The first kappa shape index (κ1) is 16.5. The van der Waals surface area contributed by atoms with E-state index < -0.39 is 12.5 Å². The van der Waals surface area contributed by atoms with E-state index >= 15 is 0 Å². The molecule has 2 aromatic rings. The zero-order chi connectivity index (χ0) is 16.1. The first-order valence-electron chi connectivity index (χ1n) is 6.32. The lowest BCUT2D eigenvalue weighted by Gasteiger charge is -2.10. The largest absolute Gasteiger partial charge is 0.334 e. The standard InChI is InChI=1S/C15H12Cl2F2N2O/c16-11-5-4-10(13(17)7-11)8-20-15(22)21-12-3-1-2-9(6-12)14(18)19/h1-7,14H,8H2,(H2,20,21,22). The Bertz CT molecular complexity index is 680. The molecule has 0 heterocycles. The molecule has 0 saturated carbocycles. The Hall–Kier alpha value is -1.85. The molecule has 0 aromatic heterocycles. The highest BCUT2D eigenvalue weighted by Gasteiger charge is 2.09. The van der Waals surface area contributed by atoms with Crippen molar-refractivity contribution in [2.24, 2.45) is 0 Å². The van der Waals surface area contributed by atoms with E-state index in [1.165, 1.54) is 24.3 Å². The molecule has 0 aliphatic heterocycles. The second kappa shape index (κ2) is 7.42. The first-order valence-corrected chi connectivity index (χ1v) is 7.08. The number of carbonyl (C=O) groups excluding carboxylic acids is 1. The third-order valence-corrected chi connectivity index (χ3v) is 3.44. The molecule has 2 amide bonds. The van der Waals surface area contributed by atoms with Gasteiger partial charge in [-0.2, -0.15) is 0 Å². The maximum atomic E-state index is 12.6. The van der Waals surface area contributed by atoms with E-state index in [0.717, 1.165) is 0 Å². The zero-order valence-electron chi connectivity index (χ0n) is 11.2. The van der Waals surface area contributed by atoms with Gasteiger partial charge in [-0.05, 0) is 29.8 Å². The Kier molecular flexibility index (Phi) is 5.57. The molecule has 2 aromatic carbocycles. The highest BCUT2D eigenvalue weighted by Crippen LogP contribution is 2.22. The predicted molar refractivity (Wildman–Crippen MR) is 83.7 cm³/mol. The number of anilines is 1. The molecule has 0 aliphatic rings. The number of rotatable bonds is 4. The second-order valence-electron chi connectivity index (χ2n) is 4.47. The molecule has 116 valence electrons. The number of nitrogens with one attached hydrogen (secondary N) is 2. The fourth-order valence-corrected chi connectivity index (χ4v) is 2.24. The Morgan fingerprint density at radius 2 is 1.91 bits per heavy atom. The SMILES string of the molecule is O=C(NCc1ccc(Cl)cc1Cl)Nc1cccc(C(F)F)c1. The molecule has 0 radical (unpaired) electrons. The normalized spacial score (nSPS) is 10.6. The number of alkyl halides is 2. The van der Waals surface area contributed by atoms with Crippen LogP contribution in [0.1, 0.15) is 17.6 Å². The van der Waals surface area contributed by atoms with Crippen molar-refractivity contribution >= 4 is 34.9 Å². The van der Waals surface area contributed by atoms with Gasteiger partial charge in [0.15, 0.2) is 0 Å². The van der Waals surface area contributed by atoms with E-state index in [0.29, 0.717) is 15.6 Å². The van der Waals surface area contributed by atoms with Crippen LogP contribution in [0.3, 0.4) is 0 Å². The van der Waals surface area contributed by atoms with Crippen molar-refractivity contribution in [2.45, 2.75) is 13.0 Å². The molecule has 22 heavy (non-hydrogen) atoms. The van der Waals surface area contributed by atoms with Crippen molar-refractivity contribution in [3.05, 3.63) is 63.6 Å². The predicted octanol–water partition coefficient (Wildman–Crippen LogP) is 5.25. The van der Waals surface area contributed by atoms with Gasteiger partial charge in [-0.25, -0.2) is 13.6 Å². The quantitative estimate of drug-likeness (QED) is 0.780. The van der Waals surface area contributed by atoms with Gasteiger partial charge in [0.25, 0.3) is 6.43 Å². The van der Waals surface area contributed by atoms with E-state index in [9.17, 15) is 13.6 Å². The molecule has 0 fully saturated rings. The molecular weight excluding hydrogens is 333 g/mol. The monoisotopic (exact) mass is 344 g/mol. The minimum absolute atomic E-state index is 0.154. The van der Waals surface area contributed by atoms with Crippen molar-refractivity contribution in [1.82, 2.24) is 5.32 Å². The van der Waals surface area contributed by atoms with E-state index in [1.807, 2.05) is 0 Å². The maximum Gasteiger partial charge on any atom is 0.319 e. The number of urea groups is 1. The summed E-state index contributed by atoms with van der Waals surface area (Å²) >= 11 is 11.8.